The van der Waals surface area contributed by atoms with Crippen LogP contribution in [0.25, 0.3) is 5.57 Å². The summed E-state index contributed by atoms with van der Waals surface area (Å²) in [6, 6.07) is 5.17. The first-order valence-corrected chi connectivity index (χ1v) is 6.90. The van der Waals surface area contributed by atoms with Crippen molar-refractivity contribution in [1.82, 2.24) is 5.32 Å². The summed E-state index contributed by atoms with van der Waals surface area (Å²) < 4.78 is 0. The number of rotatable bonds is 5. The molecular formula is C17H27N. The van der Waals surface area contributed by atoms with Crippen LogP contribution in [0.3, 0.4) is 0 Å². The maximum atomic E-state index is 3.44. The van der Waals surface area contributed by atoms with Gasteiger partial charge in [-0.3, -0.25) is 0 Å². The third-order valence-corrected chi connectivity index (χ3v) is 3.41. The number of nitrogens with one attached hydrogen (secondary N) is 1. The predicted molar refractivity (Wildman–Crippen MR) is 82.1 cm³/mol. The van der Waals surface area contributed by atoms with Crippen LogP contribution in [0.2, 0.25) is 0 Å². The average Bonchev–Trinajstić information content (AvgIpc) is 2.28. The Morgan fingerprint density at radius 1 is 1.11 bits per heavy atom. The molecule has 1 nitrogen and oxygen atoms in total. The van der Waals surface area contributed by atoms with Crippen molar-refractivity contribution < 1.29 is 0 Å². The fraction of sp³-hybridized carbons (Fsp3) is 0.529. The lowest BCUT2D eigenvalue weighted by Gasteiger charge is -2.11. The smallest absolute Gasteiger partial charge is 0.00105 e. The van der Waals surface area contributed by atoms with Crippen LogP contribution in [0.4, 0.5) is 0 Å². The fourth-order valence-corrected chi connectivity index (χ4v) is 2.16. The summed E-state index contributed by atoms with van der Waals surface area (Å²) in [4.78, 5) is 0. The molecule has 0 spiro atoms. The molecule has 0 saturated heterocycles. The molecule has 0 radical (unpaired) electrons. The molecule has 1 heteroatoms. The van der Waals surface area contributed by atoms with Crippen molar-refractivity contribution in [1.29, 1.82) is 0 Å². The molecule has 18 heavy (non-hydrogen) atoms. The topological polar surface area (TPSA) is 12.0 Å². The van der Waals surface area contributed by atoms with E-state index < -0.39 is 0 Å². The van der Waals surface area contributed by atoms with E-state index in [9.17, 15) is 0 Å². The summed E-state index contributed by atoms with van der Waals surface area (Å²) in [5, 5.41) is 3.44. The van der Waals surface area contributed by atoms with Gasteiger partial charge in [0, 0.05) is 6.04 Å². The lowest BCUT2D eigenvalue weighted by atomic mass is 9.96. The van der Waals surface area contributed by atoms with Gasteiger partial charge in [0.15, 0.2) is 0 Å². The van der Waals surface area contributed by atoms with Crippen LogP contribution in [0, 0.1) is 20.8 Å². The second kappa shape index (κ2) is 6.75. The first-order chi connectivity index (χ1) is 8.41. The van der Waals surface area contributed by atoms with Crippen LogP contribution in [0.1, 0.15) is 49.4 Å². The number of aryl methyl sites for hydroxylation is 3. The zero-order valence-corrected chi connectivity index (χ0v) is 12.7. The summed E-state index contributed by atoms with van der Waals surface area (Å²) in [6.07, 6.45) is 3.43. The Hall–Kier alpha value is -1.08. The lowest BCUT2D eigenvalue weighted by Crippen LogP contribution is -2.23. The van der Waals surface area contributed by atoms with E-state index in [0.717, 1.165) is 13.0 Å². The first-order valence-electron chi connectivity index (χ1n) is 6.90. The lowest BCUT2D eigenvalue weighted by molar-refractivity contribution is 0.595. The molecule has 1 rings (SSSR count). The van der Waals surface area contributed by atoms with E-state index in [1.165, 1.54) is 27.8 Å². The number of hydrogen-bond donors (Lipinski definition) is 1. The zero-order valence-electron chi connectivity index (χ0n) is 12.7. The van der Waals surface area contributed by atoms with Gasteiger partial charge in [-0.1, -0.05) is 32.1 Å². The van der Waals surface area contributed by atoms with Crippen molar-refractivity contribution in [3.05, 3.63) is 40.5 Å². The van der Waals surface area contributed by atoms with Gasteiger partial charge in [-0.15, -0.1) is 0 Å². The molecule has 0 aliphatic heterocycles. The first kappa shape index (κ1) is 15.0. The molecule has 0 aliphatic carbocycles. The highest BCUT2D eigenvalue weighted by atomic mass is 14.9. The van der Waals surface area contributed by atoms with Crippen LogP contribution >= 0.6 is 0 Å². The SMILES string of the molecule is CC(=CCCNC(C)C)c1cc(C)c(C)cc1C. The van der Waals surface area contributed by atoms with Crippen LogP contribution in [-0.4, -0.2) is 12.6 Å². The Labute approximate surface area is 112 Å². The van der Waals surface area contributed by atoms with E-state index >= 15 is 0 Å². The molecular weight excluding hydrogens is 218 g/mol. The van der Waals surface area contributed by atoms with Gasteiger partial charge in [-0.05, 0) is 68.5 Å². The molecule has 0 saturated carbocycles. The predicted octanol–water partition coefficient (Wildman–Crippen LogP) is 4.40. The molecule has 0 heterocycles. The molecule has 0 atom stereocenters. The Morgan fingerprint density at radius 3 is 2.33 bits per heavy atom. The van der Waals surface area contributed by atoms with Crippen molar-refractivity contribution in [2.45, 2.75) is 54.0 Å². The Kier molecular flexibility index (Phi) is 5.61. The monoisotopic (exact) mass is 245 g/mol. The Bertz CT molecular complexity index is 427. The summed E-state index contributed by atoms with van der Waals surface area (Å²) >= 11 is 0. The van der Waals surface area contributed by atoms with Crippen molar-refractivity contribution in [2.75, 3.05) is 6.54 Å². The van der Waals surface area contributed by atoms with Gasteiger partial charge in [0.05, 0.1) is 0 Å². The van der Waals surface area contributed by atoms with E-state index in [4.69, 9.17) is 0 Å². The van der Waals surface area contributed by atoms with E-state index in [0.29, 0.717) is 6.04 Å². The van der Waals surface area contributed by atoms with Crippen LogP contribution in [-0.2, 0) is 0 Å². The normalized spacial score (nSPS) is 12.3. The highest BCUT2D eigenvalue weighted by molar-refractivity contribution is 5.67. The van der Waals surface area contributed by atoms with E-state index in [-0.39, 0.29) is 0 Å². The van der Waals surface area contributed by atoms with Crippen LogP contribution in [0.15, 0.2) is 18.2 Å². The molecule has 0 fully saturated rings. The van der Waals surface area contributed by atoms with Crippen molar-refractivity contribution in [2.24, 2.45) is 0 Å². The van der Waals surface area contributed by atoms with Crippen molar-refractivity contribution in [3.63, 3.8) is 0 Å². The van der Waals surface area contributed by atoms with Gasteiger partial charge in [0.1, 0.15) is 0 Å². The average molecular weight is 245 g/mol. The molecule has 1 aromatic rings. The molecule has 1 N–H and O–H groups in total. The van der Waals surface area contributed by atoms with E-state index in [1.807, 2.05) is 0 Å². The highest BCUT2D eigenvalue weighted by Crippen LogP contribution is 2.22. The van der Waals surface area contributed by atoms with Crippen molar-refractivity contribution in [3.8, 4) is 0 Å². The molecule has 0 aliphatic rings. The van der Waals surface area contributed by atoms with Gasteiger partial charge >= 0.3 is 0 Å². The van der Waals surface area contributed by atoms with Gasteiger partial charge in [-0.2, -0.15) is 0 Å². The molecule has 100 valence electrons. The fourth-order valence-electron chi connectivity index (χ4n) is 2.16. The maximum absolute atomic E-state index is 3.44. The third-order valence-electron chi connectivity index (χ3n) is 3.41. The molecule has 0 bridgehead atoms. The summed E-state index contributed by atoms with van der Waals surface area (Å²) in [5.74, 6) is 0. The van der Waals surface area contributed by atoms with Crippen LogP contribution < -0.4 is 5.32 Å². The third kappa shape index (κ3) is 4.30. The summed E-state index contributed by atoms with van der Waals surface area (Å²) in [7, 11) is 0. The minimum Gasteiger partial charge on any atom is -0.314 e. The zero-order chi connectivity index (χ0) is 13.7. The second-order valence-corrected chi connectivity index (χ2v) is 5.54. The summed E-state index contributed by atoms with van der Waals surface area (Å²) in [6.45, 7) is 14.2. The minimum absolute atomic E-state index is 0.571. The number of allylic oxidation sites excluding steroid dienone is 1. The van der Waals surface area contributed by atoms with Gasteiger partial charge in [0.2, 0.25) is 0 Å². The minimum atomic E-state index is 0.571. The Morgan fingerprint density at radius 2 is 1.72 bits per heavy atom. The van der Waals surface area contributed by atoms with Gasteiger partial charge in [0.25, 0.3) is 0 Å². The quantitative estimate of drug-likeness (QED) is 0.758. The molecule has 0 unspecified atom stereocenters. The van der Waals surface area contributed by atoms with Crippen molar-refractivity contribution >= 4 is 5.57 Å². The van der Waals surface area contributed by atoms with Gasteiger partial charge in [-0.25, -0.2) is 0 Å². The number of hydrogen-bond acceptors (Lipinski definition) is 1. The maximum Gasteiger partial charge on any atom is 0.00105 e. The van der Waals surface area contributed by atoms with Gasteiger partial charge < -0.3 is 5.32 Å². The van der Waals surface area contributed by atoms with E-state index in [2.05, 4.69) is 65.1 Å². The molecule has 1 aromatic carbocycles. The molecule has 0 aromatic heterocycles. The number of benzene rings is 1. The second-order valence-electron chi connectivity index (χ2n) is 5.54. The highest BCUT2D eigenvalue weighted by Gasteiger charge is 2.03. The Balaban J connectivity index is 2.74. The standard InChI is InChI=1S/C17H27N/c1-12(2)18-9-7-8-13(3)17-11-15(5)14(4)10-16(17)6/h8,10-12,18H,7,9H2,1-6H3. The largest absolute Gasteiger partial charge is 0.314 e. The summed E-state index contributed by atoms with van der Waals surface area (Å²) in [5.41, 5.74) is 6.92. The van der Waals surface area contributed by atoms with Crippen LogP contribution in [0.5, 0.6) is 0 Å². The van der Waals surface area contributed by atoms with E-state index in [1.54, 1.807) is 0 Å². The molecule has 0 amide bonds.